The lowest BCUT2D eigenvalue weighted by Gasteiger charge is -2.25. The summed E-state index contributed by atoms with van der Waals surface area (Å²) in [5.41, 5.74) is 2.65. The van der Waals surface area contributed by atoms with Crippen LogP contribution in [0.3, 0.4) is 0 Å². The van der Waals surface area contributed by atoms with Gasteiger partial charge in [-0.15, -0.1) is 0 Å². The van der Waals surface area contributed by atoms with Crippen molar-refractivity contribution in [3.8, 4) is 0 Å². The van der Waals surface area contributed by atoms with Crippen molar-refractivity contribution in [3.05, 3.63) is 58.2 Å². The number of halogens is 1. The Labute approximate surface area is 115 Å². The molecule has 3 rings (SSSR count). The number of hydrogen-bond acceptors (Lipinski definition) is 2. The minimum atomic E-state index is 0.843. The molecule has 0 saturated carbocycles. The lowest BCUT2D eigenvalue weighted by Crippen LogP contribution is -2.21. The summed E-state index contributed by atoms with van der Waals surface area (Å²) in [4.78, 5) is 6.64. The van der Waals surface area contributed by atoms with Crippen molar-refractivity contribution >= 4 is 22.0 Å². The zero-order valence-corrected chi connectivity index (χ0v) is 11.8. The minimum absolute atomic E-state index is 0.843. The van der Waals surface area contributed by atoms with E-state index in [-0.39, 0.29) is 0 Å². The fraction of sp³-hybridized carbons (Fsp3) is 0.214. The molecular weight excluding hydrogens is 290 g/mol. The molecular formula is C14H14BrN3. The van der Waals surface area contributed by atoms with Crippen LogP contribution in [0.5, 0.6) is 0 Å². The molecule has 0 saturated heterocycles. The van der Waals surface area contributed by atoms with Gasteiger partial charge in [0.1, 0.15) is 5.82 Å². The average molecular weight is 304 g/mol. The maximum absolute atomic E-state index is 4.36. The van der Waals surface area contributed by atoms with Crippen LogP contribution in [0.1, 0.15) is 17.0 Å². The van der Waals surface area contributed by atoms with Crippen molar-refractivity contribution in [1.82, 2.24) is 14.5 Å². The second-order valence-corrected chi connectivity index (χ2v) is 5.43. The maximum Gasteiger partial charge on any atom is 0.127 e. The van der Waals surface area contributed by atoms with Crippen LogP contribution in [0.4, 0.5) is 0 Å². The van der Waals surface area contributed by atoms with E-state index in [0.29, 0.717) is 0 Å². The zero-order chi connectivity index (χ0) is 12.5. The molecule has 1 aromatic heterocycles. The lowest BCUT2D eigenvalue weighted by molar-refractivity contribution is 0.345. The van der Waals surface area contributed by atoms with E-state index in [0.717, 1.165) is 23.4 Å². The molecule has 0 spiro atoms. The molecule has 0 bridgehead atoms. The second kappa shape index (κ2) is 4.61. The third kappa shape index (κ3) is 2.20. The average Bonchev–Trinajstić information content (AvgIpc) is 2.75. The topological polar surface area (TPSA) is 21.1 Å². The Morgan fingerprint density at radius 3 is 3.06 bits per heavy atom. The first-order valence-corrected chi connectivity index (χ1v) is 6.68. The van der Waals surface area contributed by atoms with Crippen molar-refractivity contribution in [1.29, 1.82) is 0 Å². The normalized spacial score (nSPS) is 13.8. The molecule has 92 valence electrons. The van der Waals surface area contributed by atoms with Crippen LogP contribution in [0.15, 0.2) is 41.3 Å². The number of rotatable bonds is 2. The second-order valence-electron chi connectivity index (χ2n) is 4.52. The molecule has 0 amide bonds. The van der Waals surface area contributed by atoms with Crippen LogP contribution in [0, 0.1) is 0 Å². The summed E-state index contributed by atoms with van der Waals surface area (Å²) in [6.07, 6.45) is 8.12. The summed E-state index contributed by atoms with van der Waals surface area (Å²) in [7, 11) is 2.03. The Hall–Kier alpha value is -1.55. The van der Waals surface area contributed by atoms with E-state index in [2.05, 4.69) is 60.9 Å². The molecule has 0 aliphatic carbocycles. The monoisotopic (exact) mass is 303 g/mol. The van der Waals surface area contributed by atoms with Crippen molar-refractivity contribution in [3.63, 3.8) is 0 Å². The van der Waals surface area contributed by atoms with Crippen LogP contribution in [0.25, 0.3) is 6.08 Å². The summed E-state index contributed by atoms with van der Waals surface area (Å²) >= 11 is 3.50. The van der Waals surface area contributed by atoms with Crippen LogP contribution in [0.2, 0.25) is 0 Å². The summed E-state index contributed by atoms with van der Waals surface area (Å²) in [6, 6.07) is 6.43. The lowest BCUT2D eigenvalue weighted by atomic mass is 10.0. The van der Waals surface area contributed by atoms with Crippen molar-refractivity contribution in [2.45, 2.75) is 13.1 Å². The fourth-order valence-corrected chi connectivity index (χ4v) is 2.54. The molecule has 18 heavy (non-hydrogen) atoms. The highest BCUT2D eigenvalue weighted by molar-refractivity contribution is 9.10. The molecule has 0 N–H and O–H groups in total. The predicted molar refractivity (Wildman–Crippen MR) is 75.6 cm³/mol. The maximum atomic E-state index is 4.36. The van der Waals surface area contributed by atoms with Gasteiger partial charge in [0.25, 0.3) is 0 Å². The third-order valence-electron chi connectivity index (χ3n) is 3.21. The predicted octanol–water partition coefficient (Wildman–Crippen LogP) is 3.17. The number of hydrogen-bond donors (Lipinski definition) is 0. The van der Waals surface area contributed by atoms with Crippen molar-refractivity contribution in [2.75, 3.05) is 0 Å². The van der Waals surface area contributed by atoms with E-state index in [1.807, 2.05) is 19.4 Å². The van der Waals surface area contributed by atoms with E-state index >= 15 is 0 Å². The first-order chi connectivity index (χ1) is 8.72. The van der Waals surface area contributed by atoms with Crippen LogP contribution in [-0.2, 0) is 20.1 Å². The quantitative estimate of drug-likeness (QED) is 0.850. The highest BCUT2D eigenvalue weighted by Gasteiger charge is 2.12. The molecule has 4 heteroatoms. The molecule has 2 heterocycles. The van der Waals surface area contributed by atoms with Crippen LogP contribution >= 0.6 is 15.9 Å². The Kier molecular flexibility index (Phi) is 2.96. The third-order valence-corrected chi connectivity index (χ3v) is 3.70. The standard InChI is InChI=1S/C14H14BrN3/c1-17-7-5-16-14(17)10-18-6-4-11-8-13(15)3-2-12(11)9-18/h2-8H,9-10H2,1H3. The van der Waals surface area contributed by atoms with Gasteiger partial charge in [0.2, 0.25) is 0 Å². The van der Waals surface area contributed by atoms with E-state index in [4.69, 9.17) is 0 Å². The van der Waals surface area contributed by atoms with Crippen molar-refractivity contribution < 1.29 is 0 Å². The smallest absolute Gasteiger partial charge is 0.127 e. The van der Waals surface area contributed by atoms with E-state index in [9.17, 15) is 0 Å². The minimum Gasteiger partial charge on any atom is -0.366 e. The van der Waals surface area contributed by atoms with Gasteiger partial charge in [0, 0.05) is 36.7 Å². The fourth-order valence-electron chi connectivity index (χ4n) is 2.16. The van der Waals surface area contributed by atoms with Gasteiger partial charge in [-0.1, -0.05) is 22.0 Å². The number of aromatic nitrogens is 2. The highest BCUT2D eigenvalue weighted by atomic mass is 79.9. The number of benzene rings is 1. The summed E-state index contributed by atoms with van der Waals surface area (Å²) < 4.78 is 3.19. The van der Waals surface area contributed by atoms with Gasteiger partial charge < -0.3 is 9.47 Å². The Morgan fingerprint density at radius 1 is 1.39 bits per heavy atom. The Balaban J connectivity index is 1.80. The first-order valence-electron chi connectivity index (χ1n) is 5.89. The SMILES string of the molecule is Cn1ccnc1CN1C=Cc2cc(Br)ccc2C1. The number of nitrogens with zero attached hydrogens (tertiary/aromatic N) is 3. The summed E-state index contributed by atoms with van der Waals surface area (Å²) in [5, 5.41) is 0. The van der Waals surface area contributed by atoms with Gasteiger partial charge in [-0.3, -0.25) is 0 Å². The van der Waals surface area contributed by atoms with Gasteiger partial charge >= 0.3 is 0 Å². The molecule has 0 fully saturated rings. The van der Waals surface area contributed by atoms with Gasteiger partial charge in [-0.25, -0.2) is 4.98 Å². The van der Waals surface area contributed by atoms with Gasteiger partial charge in [0.05, 0.1) is 6.54 Å². The number of fused-ring (bicyclic) bond motifs is 1. The van der Waals surface area contributed by atoms with E-state index in [1.165, 1.54) is 11.1 Å². The molecule has 0 unspecified atom stereocenters. The number of aryl methyl sites for hydroxylation is 1. The molecule has 0 atom stereocenters. The molecule has 1 aliphatic rings. The molecule has 2 aromatic rings. The zero-order valence-electron chi connectivity index (χ0n) is 10.2. The van der Waals surface area contributed by atoms with Gasteiger partial charge in [-0.2, -0.15) is 0 Å². The molecule has 1 aliphatic heterocycles. The summed E-state index contributed by atoms with van der Waals surface area (Å²) in [6.45, 7) is 1.78. The Bertz CT molecular complexity index is 601. The molecule has 1 aromatic carbocycles. The van der Waals surface area contributed by atoms with Crippen LogP contribution < -0.4 is 0 Å². The molecule has 3 nitrogen and oxygen atoms in total. The van der Waals surface area contributed by atoms with E-state index < -0.39 is 0 Å². The highest BCUT2D eigenvalue weighted by Crippen LogP contribution is 2.24. The van der Waals surface area contributed by atoms with Gasteiger partial charge in [-0.05, 0) is 29.3 Å². The van der Waals surface area contributed by atoms with Crippen molar-refractivity contribution in [2.24, 2.45) is 7.05 Å². The van der Waals surface area contributed by atoms with Crippen LogP contribution in [-0.4, -0.2) is 14.5 Å². The molecule has 0 radical (unpaired) electrons. The first kappa shape index (κ1) is 11.5. The summed E-state index contributed by atoms with van der Waals surface area (Å²) in [5.74, 6) is 1.08. The van der Waals surface area contributed by atoms with E-state index in [1.54, 1.807) is 0 Å². The number of imidazole rings is 1. The Morgan fingerprint density at radius 2 is 2.28 bits per heavy atom. The van der Waals surface area contributed by atoms with Gasteiger partial charge in [0.15, 0.2) is 0 Å². The largest absolute Gasteiger partial charge is 0.366 e.